The minimum atomic E-state index is -3.06. The first-order chi connectivity index (χ1) is 6.02. The fourth-order valence-electron chi connectivity index (χ4n) is 1.03. The molecule has 0 spiro atoms. The number of hydrogen-bond acceptors (Lipinski definition) is 1. The summed E-state index contributed by atoms with van der Waals surface area (Å²) < 4.78 is 13.1. The molecule has 5 heteroatoms. The van der Waals surface area contributed by atoms with Crippen LogP contribution in [0.3, 0.4) is 0 Å². The fourth-order valence-corrected chi connectivity index (χ4v) is 2.68. The Morgan fingerprint density at radius 1 is 1.08 bits per heavy atom. The highest BCUT2D eigenvalue weighted by Gasteiger charge is 2.23. The Hall–Kier alpha value is 0.770. The van der Waals surface area contributed by atoms with Gasteiger partial charge in [0, 0.05) is 13.1 Å². The van der Waals surface area contributed by atoms with Gasteiger partial charge in [-0.2, -0.15) is 0 Å². The van der Waals surface area contributed by atoms with E-state index in [1.807, 2.05) is 0 Å². The van der Waals surface area contributed by atoms with E-state index in [2.05, 4.69) is 13.8 Å². The summed E-state index contributed by atoms with van der Waals surface area (Å²) in [5, 5.41) is 0. The number of unbranched alkanes of at least 4 members (excludes halogenated alkanes) is 2. The lowest BCUT2D eigenvalue weighted by Gasteiger charge is -2.21. The van der Waals surface area contributed by atoms with Gasteiger partial charge in [-0.1, -0.05) is 26.7 Å². The number of rotatable bonds is 7. The largest absolute Gasteiger partial charge is 0.322 e. The predicted molar refractivity (Wildman–Crippen MR) is 60.7 cm³/mol. The molecule has 0 aliphatic rings. The number of nitrogens with zero attached hydrogens (tertiary/aromatic N) is 1. The molecule has 80 valence electrons. The molecule has 0 bridgehead atoms. The Kier molecular flexibility index (Phi) is 7.53. The van der Waals surface area contributed by atoms with Gasteiger partial charge < -0.3 is 0 Å². The van der Waals surface area contributed by atoms with Gasteiger partial charge in [-0.25, -0.2) is 4.67 Å². The van der Waals surface area contributed by atoms with Crippen LogP contribution in [-0.4, -0.2) is 17.8 Å². The van der Waals surface area contributed by atoms with Crippen molar-refractivity contribution >= 4 is 28.5 Å². The molecule has 0 rings (SSSR count). The monoisotopic (exact) mass is 245 g/mol. The van der Waals surface area contributed by atoms with Crippen molar-refractivity contribution in [2.24, 2.45) is 0 Å². The zero-order chi connectivity index (χ0) is 10.3. The minimum absolute atomic E-state index is 0.737. The van der Waals surface area contributed by atoms with Crippen molar-refractivity contribution in [2.75, 3.05) is 13.1 Å². The highest BCUT2D eigenvalue weighted by Crippen LogP contribution is 2.59. The van der Waals surface area contributed by atoms with E-state index < -0.39 is 6.00 Å². The summed E-state index contributed by atoms with van der Waals surface area (Å²) in [6.45, 7) is 5.65. The van der Waals surface area contributed by atoms with Crippen LogP contribution >= 0.6 is 28.5 Å². The minimum Gasteiger partial charge on any atom is -0.271 e. The Labute approximate surface area is 90.6 Å². The normalized spacial score (nSPS) is 12.4. The zero-order valence-electron chi connectivity index (χ0n) is 8.30. The van der Waals surface area contributed by atoms with Crippen LogP contribution in [0.4, 0.5) is 0 Å². The summed E-state index contributed by atoms with van der Waals surface area (Å²) in [7, 11) is 0. The summed E-state index contributed by atoms with van der Waals surface area (Å²) >= 11 is 11.2. The van der Waals surface area contributed by atoms with Crippen molar-refractivity contribution < 1.29 is 4.57 Å². The summed E-state index contributed by atoms with van der Waals surface area (Å²) in [4.78, 5) is 0. The van der Waals surface area contributed by atoms with E-state index in [-0.39, 0.29) is 0 Å². The lowest BCUT2D eigenvalue weighted by molar-refractivity contribution is 0.410. The Balaban J connectivity index is 3.96. The smallest absolute Gasteiger partial charge is 0.271 e. The SMILES string of the molecule is CCCCN(CCCC)P(=O)(Cl)Cl. The van der Waals surface area contributed by atoms with Crippen LogP contribution in [0.1, 0.15) is 39.5 Å². The maximum absolute atomic E-state index is 11.4. The summed E-state index contributed by atoms with van der Waals surface area (Å²) in [5.41, 5.74) is 0. The van der Waals surface area contributed by atoms with Gasteiger partial charge in [0.15, 0.2) is 0 Å². The Morgan fingerprint density at radius 3 is 1.69 bits per heavy atom. The first-order valence-electron chi connectivity index (χ1n) is 4.77. The lowest BCUT2D eigenvalue weighted by Crippen LogP contribution is -2.19. The van der Waals surface area contributed by atoms with E-state index in [4.69, 9.17) is 22.5 Å². The molecule has 0 heterocycles. The molecule has 0 fully saturated rings. The van der Waals surface area contributed by atoms with Gasteiger partial charge in [0.1, 0.15) is 0 Å². The number of hydrogen-bond donors (Lipinski definition) is 0. The van der Waals surface area contributed by atoms with Crippen molar-refractivity contribution in [3.05, 3.63) is 0 Å². The molecule has 0 aromatic rings. The van der Waals surface area contributed by atoms with Crippen molar-refractivity contribution in [1.29, 1.82) is 0 Å². The first kappa shape index (κ1) is 13.8. The molecule has 0 aliphatic carbocycles. The maximum Gasteiger partial charge on any atom is 0.322 e. The van der Waals surface area contributed by atoms with Gasteiger partial charge >= 0.3 is 6.00 Å². The summed E-state index contributed by atoms with van der Waals surface area (Å²) in [6.07, 6.45) is 4.12. The molecule has 0 amide bonds. The van der Waals surface area contributed by atoms with E-state index in [1.54, 1.807) is 4.67 Å². The molecule has 13 heavy (non-hydrogen) atoms. The van der Waals surface area contributed by atoms with Gasteiger partial charge in [0.25, 0.3) is 0 Å². The van der Waals surface area contributed by atoms with Crippen molar-refractivity contribution in [2.45, 2.75) is 39.5 Å². The molecular weight excluding hydrogens is 228 g/mol. The van der Waals surface area contributed by atoms with Gasteiger partial charge in [-0.3, -0.25) is 4.57 Å². The zero-order valence-corrected chi connectivity index (χ0v) is 10.7. The third-order valence-corrected chi connectivity index (χ3v) is 4.21. The van der Waals surface area contributed by atoms with Gasteiger partial charge in [0.2, 0.25) is 0 Å². The van der Waals surface area contributed by atoms with Crippen LogP contribution in [-0.2, 0) is 4.57 Å². The molecule has 0 aliphatic heterocycles. The van der Waals surface area contributed by atoms with Gasteiger partial charge in [-0.15, -0.1) is 0 Å². The third-order valence-electron chi connectivity index (χ3n) is 1.87. The topological polar surface area (TPSA) is 20.3 Å². The molecule has 0 unspecified atom stereocenters. The van der Waals surface area contributed by atoms with Crippen LogP contribution in [0.15, 0.2) is 0 Å². The van der Waals surface area contributed by atoms with Crippen LogP contribution < -0.4 is 0 Å². The molecule has 0 aromatic heterocycles. The van der Waals surface area contributed by atoms with E-state index in [9.17, 15) is 4.57 Å². The maximum atomic E-state index is 11.4. The van der Waals surface area contributed by atoms with E-state index in [0.717, 1.165) is 38.8 Å². The lowest BCUT2D eigenvalue weighted by atomic mass is 10.3. The molecule has 0 aromatic carbocycles. The first-order valence-corrected chi connectivity index (χ1v) is 8.24. The molecular formula is C8H18Cl2NOP. The molecule has 0 N–H and O–H groups in total. The third kappa shape index (κ3) is 6.79. The molecule has 0 saturated heterocycles. The van der Waals surface area contributed by atoms with E-state index in [0.29, 0.717) is 0 Å². The van der Waals surface area contributed by atoms with Crippen LogP contribution in [0.5, 0.6) is 0 Å². The Morgan fingerprint density at radius 2 is 1.46 bits per heavy atom. The molecule has 0 saturated carbocycles. The summed E-state index contributed by atoms with van der Waals surface area (Å²) in [6, 6.07) is 0. The predicted octanol–water partition coefficient (Wildman–Crippen LogP) is 4.47. The fraction of sp³-hybridized carbons (Fsp3) is 1.00. The van der Waals surface area contributed by atoms with Crippen LogP contribution in [0.2, 0.25) is 0 Å². The standard InChI is InChI=1S/C8H18Cl2NOP/c1-3-5-7-11(8-6-4-2)13(9,10)12/h3-8H2,1-2H3. The second-order valence-corrected chi connectivity index (χ2v) is 7.80. The molecule has 0 atom stereocenters. The highest BCUT2D eigenvalue weighted by molar-refractivity contribution is 8.06. The Bertz CT molecular complexity index is 164. The second-order valence-electron chi connectivity index (χ2n) is 3.10. The van der Waals surface area contributed by atoms with E-state index in [1.165, 1.54) is 0 Å². The van der Waals surface area contributed by atoms with Gasteiger partial charge in [0.05, 0.1) is 0 Å². The van der Waals surface area contributed by atoms with E-state index >= 15 is 0 Å². The average Bonchev–Trinajstić information content (AvgIpc) is 2.02. The van der Waals surface area contributed by atoms with Gasteiger partial charge in [-0.05, 0) is 35.3 Å². The average molecular weight is 246 g/mol. The van der Waals surface area contributed by atoms with Crippen molar-refractivity contribution in [1.82, 2.24) is 4.67 Å². The molecule has 0 radical (unpaired) electrons. The van der Waals surface area contributed by atoms with Crippen LogP contribution in [0, 0.1) is 0 Å². The summed E-state index contributed by atoms with van der Waals surface area (Å²) in [5.74, 6) is -3.06. The van der Waals surface area contributed by atoms with Crippen molar-refractivity contribution in [3.8, 4) is 0 Å². The van der Waals surface area contributed by atoms with Crippen LogP contribution in [0.25, 0.3) is 0 Å². The highest BCUT2D eigenvalue weighted by atomic mass is 35.9. The molecule has 2 nitrogen and oxygen atoms in total. The quantitative estimate of drug-likeness (QED) is 0.617. The van der Waals surface area contributed by atoms with Crippen molar-refractivity contribution in [3.63, 3.8) is 0 Å². The number of halogens is 2. The second kappa shape index (κ2) is 7.11.